The molecule has 0 aliphatic carbocycles. The lowest BCUT2D eigenvalue weighted by Crippen LogP contribution is -2.18. The molecule has 1 heterocycles. The van der Waals surface area contributed by atoms with Gasteiger partial charge in [-0.1, -0.05) is 24.4 Å². The molecular formula is C14H14BrN3S. The zero-order valence-corrected chi connectivity index (χ0v) is 13.1. The highest BCUT2D eigenvalue weighted by atomic mass is 79.9. The summed E-state index contributed by atoms with van der Waals surface area (Å²) in [5.74, 6) is 0.828. The molecule has 0 amide bonds. The Morgan fingerprint density at radius 1 is 1.37 bits per heavy atom. The van der Waals surface area contributed by atoms with Crippen LogP contribution >= 0.6 is 28.1 Å². The molecule has 0 unspecified atom stereocenters. The van der Waals surface area contributed by atoms with Crippen molar-refractivity contribution in [1.29, 1.82) is 0 Å². The SMILES string of the molecule is Cc1cnc(N(C)c2ccccc2C(N)=S)c(Br)c1. The third kappa shape index (κ3) is 2.93. The van der Waals surface area contributed by atoms with Crippen LogP contribution in [0.15, 0.2) is 41.0 Å². The number of aryl methyl sites for hydroxylation is 1. The van der Waals surface area contributed by atoms with Crippen molar-refractivity contribution in [2.75, 3.05) is 11.9 Å². The average molecular weight is 336 g/mol. The predicted octanol–water partition coefficient (Wildman–Crippen LogP) is 3.55. The van der Waals surface area contributed by atoms with E-state index in [1.165, 1.54) is 0 Å². The highest BCUT2D eigenvalue weighted by molar-refractivity contribution is 9.10. The molecule has 0 spiro atoms. The number of rotatable bonds is 3. The molecule has 0 fully saturated rings. The van der Waals surface area contributed by atoms with Gasteiger partial charge in [0.2, 0.25) is 0 Å². The van der Waals surface area contributed by atoms with Crippen molar-refractivity contribution in [1.82, 2.24) is 4.98 Å². The highest BCUT2D eigenvalue weighted by Crippen LogP contribution is 2.31. The van der Waals surface area contributed by atoms with E-state index >= 15 is 0 Å². The van der Waals surface area contributed by atoms with Crippen molar-refractivity contribution in [3.63, 3.8) is 0 Å². The summed E-state index contributed by atoms with van der Waals surface area (Å²) in [5, 5.41) is 0. The Bertz CT molecular complexity index is 628. The first-order chi connectivity index (χ1) is 9.00. The Morgan fingerprint density at radius 2 is 2.05 bits per heavy atom. The number of aromatic nitrogens is 1. The van der Waals surface area contributed by atoms with Crippen LogP contribution in [0.2, 0.25) is 0 Å². The zero-order chi connectivity index (χ0) is 14.0. The van der Waals surface area contributed by atoms with Gasteiger partial charge < -0.3 is 10.6 Å². The van der Waals surface area contributed by atoms with E-state index < -0.39 is 0 Å². The van der Waals surface area contributed by atoms with E-state index in [0.29, 0.717) is 4.99 Å². The fraction of sp³-hybridized carbons (Fsp3) is 0.143. The van der Waals surface area contributed by atoms with Gasteiger partial charge in [-0.25, -0.2) is 4.98 Å². The third-order valence-electron chi connectivity index (χ3n) is 2.81. The second kappa shape index (κ2) is 5.67. The quantitative estimate of drug-likeness (QED) is 0.871. The number of benzene rings is 1. The maximum atomic E-state index is 5.77. The first-order valence-corrected chi connectivity index (χ1v) is 6.95. The molecule has 0 saturated carbocycles. The number of nitrogens with two attached hydrogens (primary N) is 1. The summed E-state index contributed by atoms with van der Waals surface area (Å²) in [4.78, 5) is 6.80. The summed E-state index contributed by atoms with van der Waals surface area (Å²) >= 11 is 8.63. The van der Waals surface area contributed by atoms with Crippen LogP contribution in [0.3, 0.4) is 0 Å². The molecule has 0 bridgehead atoms. The van der Waals surface area contributed by atoms with Crippen LogP contribution in [-0.2, 0) is 0 Å². The van der Waals surface area contributed by atoms with Gasteiger partial charge in [0.25, 0.3) is 0 Å². The van der Waals surface area contributed by atoms with Crippen molar-refractivity contribution >= 4 is 44.6 Å². The van der Waals surface area contributed by atoms with Gasteiger partial charge in [0, 0.05) is 18.8 Å². The lowest BCUT2D eigenvalue weighted by Gasteiger charge is -2.22. The van der Waals surface area contributed by atoms with E-state index in [1.54, 1.807) is 0 Å². The zero-order valence-electron chi connectivity index (χ0n) is 10.7. The van der Waals surface area contributed by atoms with Crippen molar-refractivity contribution in [2.24, 2.45) is 5.73 Å². The van der Waals surface area contributed by atoms with Crippen LogP contribution in [-0.4, -0.2) is 17.0 Å². The third-order valence-corrected chi connectivity index (χ3v) is 3.61. The number of para-hydroxylation sites is 1. The van der Waals surface area contributed by atoms with Gasteiger partial charge in [0.05, 0.1) is 10.2 Å². The number of anilines is 2. The summed E-state index contributed by atoms with van der Waals surface area (Å²) in [6.07, 6.45) is 1.83. The molecule has 19 heavy (non-hydrogen) atoms. The number of hydrogen-bond acceptors (Lipinski definition) is 3. The second-order valence-electron chi connectivity index (χ2n) is 4.26. The Morgan fingerprint density at radius 3 is 2.68 bits per heavy atom. The van der Waals surface area contributed by atoms with Crippen LogP contribution in [0.25, 0.3) is 0 Å². The van der Waals surface area contributed by atoms with Crippen LogP contribution in [0.5, 0.6) is 0 Å². The monoisotopic (exact) mass is 335 g/mol. The molecule has 5 heteroatoms. The van der Waals surface area contributed by atoms with Crippen molar-refractivity contribution in [3.8, 4) is 0 Å². The lowest BCUT2D eigenvalue weighted by atomic mass is 10.1. The molecule has 0 atom stereocenters. The normalized spacial score (nSPS) is 10.3. The molecule has 1 aromatic heterocycles. The summed E-state index contributed by atoms with van der Waals surface area (Å²) in [6, 6.07) is 9.79. The molecular weight excluding hydrogens is 322 g/mol. The summed E-state index contributed by atoms with van der Waals surface area (Å²) in [5.41, 5.74) is 8.65. The maximum absolute atomic E-state index is 5.77. The number of nitrogens with zero attached hydrogens (tertiary/aromatic N) is 2. The first kappa shape index (κ1) is 14.0. The Kier molecular flexibility index (Phi) is 4.17. The van der Waals surface area contributed by atoms with Crippen molar-refractivity contribution in [2.45, 2.75) is 6.92 Å². The Balaban J connectivity index is 2.50. The standard InChI is InChI=1S/C14H14BrN3S/c1-9-7-11(15)14(17-8-9)18(2)12-6-4-3-5-10(12)13(16)19/h3-8H,1-2H3,(H2,16,19). The van der Waals surface area contributed by atoms with Gasteiger partial charge in [-0.3, -0.25) is 0 Å². The fourth-order valence-corrected chi connectivity index (χ4v) is 2.76. The van der Waals surface area contributed by atoms with E-state index in [4.69, 9.17) is 18.0 Å². The molecule has 0 radical (unpaired) electrons. The molecule has 0 aliphatic rings. The van der Waals surface area contributed by atoms with Crippen LogP contribution in [0.4, 0.5) is 11.5 Å². The van der Waals surface area contributed by atoms with Crippen molar-refractivity contribution < 1.29 is 0 Å². The molecule has 1 aromatic carbocycles. The number of thiocarbonyl (C=S) groups is 1. The largest absolute Gasteiger partial charge is 0.389 e. The number of hydrogen-bond donors (Lipinski definition) is 1. The molecule has 0 aliphatic heterocycles. The van der Waals surface area contributed by atoms with E-state index in [9.17, 15) is 0 Å². The van der Waals surface area contributed by atoms with Gasteiger partial charge in [-0.05, 0) is 46.6 Å². The Labute approximate surface area is 126 Å². The van der Waals surface area contributed by atoms with E-state index in [1.807, 2.05) is 55.4 Å². The number of halogens is 1. The first-order valence-electron chi connectivity index (χ1n) is 5.75. The minimum absolute atomic E-state index is 0.380. The maximum Gasteiger partial charge on any atom is 0.147 e. The minimum atomic E-state index is 0.380. The summed E-state index contributed by atoms with van der Waals surface area (Å²) < 4.78 is 0.938. The van der Waals surface area contributed by atoms with Crippen LogP contribution in [0.1, 0.15) is 11.1 Å². The highest BCUT2D eigenvalue weighted by Gasteiger charge is 2.14. The van der Waals surface area contributed by atoms with Gasteiger partial charge in [-0.2, -0.15) is 0 Å². The fourth-order valence-electron chi connectivity index (χ4n) is 1.86. The van der Waals surface area contributed by atoms with Gasteiger partial charge >= 0.3 is 0 Å². The molecule has 98 valence electrons. The average Bonchev–Trinajstić information content (AvgIpc) is 2.38. The molecule has 2 aromatic rings. The molecule has 2 rings (SSSR count). The smallest absolute Gasteiger partial charge is 0.147 e. The van der Waals surface area contributed by atoms with E-state index in [0.717, 1.165) is 27.1 Å². The molecule has 0 saturated heterocycles. The van der Waals surface area contributed by atoms with E-state index in [-0.39, 0.29) is 0 Å². The molecule has 2 N–H and O–H groups in total. The summed E-state index contributed by atoms with van der Waals surface area (Å²) in [6.45, 7) is 2.00. The van der Waals surface area contributed by atoms with Crippen LogP contribution < -0.4 is 10.6 Å². The predicted molar refractivity (Wildman–Crippen MR) is 87.1 cm³/mol. The topological polar surface area (TPSA) is 42.2 Å². The van der Waals surface area contributed by atoms with Gasteiger partial charge in [-0.15, -0.1) is 0 Å². The Hall–Kier alpha value is -1.46. The molecule has 3 nitrogen and oxygen atoms in total. The lowest BCUT2D eigenvalue weighted by molar-refractivity contribution is 1.10. The summed E-state index contributed by atoms with van der Waals surface area (Å²) in [7, 11) is 1.94. The van der Waals surface area contributed by atoms with Gasteiger partial charge in [0.15, 0.2) is 0 Å². The second-order valence-corrected chi connectivity index (χ2v) is 5.55. The van der Waals surface area contributed by atoms with E-state index in [2.05, 4.69) is 20.9 Å². The van der Waals surface area contributed by atoms with Crippen molar-refractivity contribution in [3.05, 3.63) is 52.1 Å². The van der Waals surface area contributed by atoms with Gasteiger partial charge in [0.1, 0.15) is 10.8 Å². The minimum Gasteiger partial charge on any atom is -0.389 e. The van der Waals surface area contributed by atoms with Crippen LogP contribution in [0, 0.1) is 6.92 Å². The number of pyridine rings is 1.